The van der Waals surface area contributed by atoms with Gasteiger partial charge in [-0.05, 0) is 5.56 Å². The van der Waals surface area contributed by atoms with Crippen LogP contribution in [0.3, 0.4) is 0 Å². The van der Waals surface area contributed by atoms with Gasteiger partial charge in [0.25, 0.3) is 5.69 Å². The minimum Gasteiger partial charge on any atom is -0.301 e. The summed E-state index contributed by atoms with van der Waals surface area (Å²) in [5, 5.41) is 14.0. The van der Waals surface area contributed by atoms with Gasteiger partial charge in [-0.2, -0.15) is 0 Å². The van der Waals surface area contributed by atoms with Gasteiger partial charge in [-0.3, -0.25) is 10.1 Å². The van der Waals surface area contributed by atoms with E-state index in [0.717, 1.165) is 17.9 Å². The maximum Gasteiger partial charge on any atom is 0.269 e. The summed E-state index contributed by atoms with van der Waals surface area (Å²) in [5.41, 5.74) is 1.15. The Labute approximate surface area is 98.0 Å². The topological polar surface area (TPSA) is 55.2 Å². The average molecular weight is 247 g/mol. The zero-order chi connectivity index (χ0) is 9.97. The first-order chi connectivity index (χ1) is 6.77. The van der Waals surface area contributed by atoms with Crippen molar-refractivity contribution in [3.8, 4) is 0 Å². The molecule has 0 radical (unpaired) electrons. The molecule has 2 rings (SSSR count). The maximum absolute atomic E-state index is 10.5. The highest BCUT2D eigenvalue weighted by Crippen LogP contribution is 2.31. The summed E-state index contributed by atoms with van der Waals surface area (Å²) in [7, 11) is 0. The molecule has 1 aliphatic rings. The fourth-order valence-electron chi connectivity index (χ4n) is 1.44. The molecule has 1 N–H and O–H groups in total. The van der Waals surface area contributed by atoms with Crippen LogP contribution in [0.2, 0.25) is 0 Å². The van der Waals surface area contributed by atoms with Crippen molar-refractivity contribution in [2.45, 2.75) is 5.37 Å². The number of thioether (sulfide) groups is 1. The normalized spacial score (nSPS) is 19.6. The average Bonchev–Trinajstić information content (AvgIpc) is 2.71. The first-order valence-electron chi connectivity index (χ1n) is 4.37. The zero-order valence-electron chi connectivity index (χ0n) is 7.88. The summed E-state index contributed by atoms with van der Waals surface area (Å²) in [6.45, 7) is 0.970. The molecule has 15 heavy (non-hydrogen) atoms. The zero-order valence-corrected chi connectivity index (χ0v) is 9.51. The predicted molar refractivity (Wildman–Crippen MR) is 63.5 cm³/mol. The quantitative estimate of drug-likeness (QED) is 0.643. The molecule has 1 aromatic carbocycles. The third-order valence-corrected chi connectivity index (χ3v) is 3.31. The van der Waals surface area contributed by atoms with Gasteiger partial charge in [0.15, 0.2) is 0 Å². The molecular weight excluding hydrogens is 236 g/mol. The summed E-state index contributed by atoms with van der Waals surface area (Å²) in [5.74, 6) is 1.06. The van der Waals surface area contributed by atoms with Gasteiger partial charge in [-0.15, -0.1) is 24.2 Å². The Kier molecular flexibility index (Phi) is 4.38. The van der Waals surface area contributed by atoms with Crippen molar-refractivity contribution in [3.63, 3.8) is 0 Å². The number of hydrogen-bond donors (Lipinski definition) is 1. The van der Waals surface area contributed by atoms with Crippen LogP contribution < -0.4 is 5.32 Å². The van der Waals surface area contributed by atoms with Crippen LogP contribution in [0.4, 0.5) is 5.69 Å². The van der Waals surface area contributed by atoms with Gasteiger partial charge in [-0.25, -0.2) is 0 Å². The first kappa shape index (κ1) is 12.3. The van der Waals surface area contributed by atoms with Crippen molar-refractivity contribution >= 4 is 29.9 Å². The van der Waals surface area contributed by atoms with Crippen molar-refractivity contribution in [2.24, 2.45) is 0 Å². The number of non-ortho nitro benzene ring substituents is 1. The van der Waals surface area contributed by atoms with Gasteiger partial charge in [-0.1, -0.05) is 12.1 Å². The predicted octanol–water partition coefficient (Wildman–Crippen LogP) is 2.35. The second kappa shape index (κ2) is 5.34. The number of nitrogens with zero attached hydrogens (tertiary/aromatic N) is 1. The summed E-state index contributed by atoms with van der Waals surface area (Å²) in [6.07, 6.45) is 0. The Morgan fingerprint density at radius 3 is 2.93 bits per heavy atom. The Balaban J connectivity index is 0.00000112. The van der Waals surface area contributed by atoms with E-state index in [1.807, 2.05) is 6.07 Å². The molecule has 1 aliphatic heterocycles. The Bertz CT molecular complexity index is 356. The summed E-state index contributed by atoms with van der Waals surface area (Å²) in [4.78, 5) is 10.2. The highest BCUT2D eigenvalue weighted by atomic mass is 35.5. The lowest BCUT2D eigenvalue weighted by molar-refractivity contribution is -0.384. The molecule has 1 unspecified atom stereocenters. The van der Waals surface area contributed by atoms with E-state index in [4.69, 9.17) is 0 Å². The fraction of sp³-hybridized carbons (Fsp3) is 0.333. The van der Waals surface area contributed by atoms with E-state index in [1.54, 1.807) is 23.9 Å². The maximum atomic E-state index is 10.5. The largest absolute Gasteiger partial charge is 0.301 e. The van der Waals surface area contributed by atoms with Gasteiger partial charge in [0.1, 0.15) is 0 Å². The van der Waals surface area contributed by atoms with Crippen molar-refractivity contribution in [1.29, 1.82) is 0 Å². The Hall–Kier alpha value is -0.780. The second-order valence-electron chi connectivity index (χ2n) is 3.06. The molecule has 0 bridgehead atoms. The summed E-state index contributed by atoms with van der Waals surface area (Å²) < 4.78 is 0. The monoisotopic (exact) mass is 246 g/mol. The lowest BCUT2D eigenvalue weighted by Gasteiger charge is -2.08. The highest BCUT2D eigenvalue weighted by molar-refractivity contribution is 7.99. The highest BCUT2D eigenvalue weighted by Gasteiger charge is 2.18. The van der Waals surface area contributed by atoms with E-state index in [-0.39, 0.29) is 28.4 Å². The van der Waals surface area contributed by atoms with Crippen molar-refractivity contribution in [1.82, 2.24) is 5.32 Å². The van der Waals surface area contributed by atoms with E-state index < -0.39 is 0 Å². The smallest absolute Gasteiger partial charge is 0.269 e. The Morgan fingerprint density at radius 2 is 2.33 bits per heavy atom. The van der Waals surface area contributed by atoms with Crippen LogP contribution in [0, 0.1) is 10.1 Å². The summed E-state index contributed by atoms with van der Waals surface area (Å²) >= 11 is 1.78. The number of nitro benzene ring substituents is 1. The first-order valence-corrected chi connectivity index (χ1v) is 5.41. The molecule has 0 amide bonds. The van der Waals surface area contributed by atoms with Gasteiger partial charge < -0.3 is 5.32 Å². The van der Waals surface area contributed by atoms with Crippen LogP contribution in [0.15, 0.2) is 24.3 Å². The third-order valence-electron chi connectivity index (χ3n) is 2.10. The SMILES string of the molecule is Cl.O=[N+]([O-])c1cccc(C2NCCS2)c1. The molecule has 0 spiro atoms. The molecule has 1 fully saturated rings. The summed E-state index contributed by atoms with van der Waals surface area (Å²) in [6, 6.07) is 6.80. The van der Waals surface area contributed by atoms with Crippen LogP contribution in [0.25, 0.3) is 0 Å². The number of halogens is 1. The van der Waals surface area contributed by atoms with E-state index in [0.29, 0.717) is 0 Å². The van der Waals surface area contributed by atoms with Gasteiger partial charge in [0.2, 0.25) is 0 Å². The molecule has 0 saturated carbocycles. The lowest BCUT2D eigenvalue weighted by Crippen LogP contribution is -2.11. The molecule has 0 aromatic heterocycles. The molecule has 4 nitrogen and oxygen atoms in total. The number of nitrogens with one attached hydrogen (secondary N) is 1. The molecule has 1 heterocycles. The standard InChI is InChI=1S/C9H10N2O2S.ClH/c12-11(13)8-3-1-2-7(6-8)9-10-4-5-14-9;/h1-3,6,9-10H,4-5H2;1H. The van der Waals surface area contributed by atoms with Crippen molar-refractivity contribution in [3.05, 3.63) is 39.9 Å². The van der Waals surface area contributed by atoms with E-state index in [2.05, 4.69) is 5.32 Å². The number of benzene rings is 1. The van der Waals surface area contributed by atoms with E-state index >= 15 is 0 Å². The van der Waals surface area contributed by atoms with Crippen LogP contribution in [0.5, 0.6) is 0 Å². The van der Waals surface area contributed by atoms with Crippen LogP contribution in [0.1, 0.15) is 10.9 Å². The van der Waals surface area contributed by atoms with Gasteiger partial charge >= 0.3 is 0 Å². The number of nitro groups is 1. The van der Waals surface area contributed by atoms with Gasteiger partial charge in [0.05, 0.1) is 10.3 Å². The molecule has 1 saturated heterocycles. The van der Waals surface area contributed by atoms with Crippen molar-refractivity contribution in [2.75, 3.05) is 12.3 Å². The number of hydrogen-bond acceptors (Lipinski definition) is 4. The Morgan fingerprint density at radius 1 is 1.53 bits per heavy atom. The minimum atomic E-state index is -0.358. The van der Waals surface area contributed by atoms with Crippen LogP contribution in [-0.2, 0) is 0 Å². The van der Waals surface area contributed by atoms with Crippen LogP contribution >= 0.6 is 24.2 Å². The fourth-order valence-corrected chi connectivity index (χ4v) is 2.49. The molecular formula is C9H11ClN2O2S. The van der Waals surface area contributed by atoms with E-state index in [1.165, 1.54) is 6.07 Å². The molecule has 6 heteroatoms. The van der Waals surface area contributed by atoms with Crippen molar-refractivity contribution < 1.29 is 4.92 Å². The van der Waals surface area contributed by atoms with Gasteiger partial charge in [0, 0.05) is 24.4 Å². The lowest BCUT2D eigenvalue weighted by atomic mass is 10.2. The van der Waals surface area contributed by atoms with E-state index in [9.17, 15) is 10.1 Å². The minimum absolute atomic E-state index is 0. The van der Waals surface area contributed by atoms with Crippen LogP contribution in [-0.4, -0.2) is 17.2 Å². The molecule has 1 atom stereocenters. The molecule has 0 aliphatic carbocycles. The molecule has 1 aromatic rings. The number of rotatable bonds is 2. The second-order valence-corrected chi connectivity index (χ2v) is 4.27. The third kappa shape index (κ3) is 2.84. The molecule has 82 valence electrons.